The van der Waals surface area contributed by atoms with Crippen LogP contribution in [0.2, 0.25) is 0 Å². The zero-order valence-electron chi connectivity index (χ0n) is 14.0. The highest BCUT2D eigenvalue weighted by Gasteiger charge is 2.53. The number of allylic oxidation sites excluding steroid dienone is 6. The van der Waals surface area contributed by atoms with Gasteiger partial charge in [0.2, 0.25) is 0 Å². The minimum Gasteiger partial charge on any atom is -0.321 e. The normalized spacial score (nSPS) is 45.7. The predicted molar refractivity (Wildman–Crippen MR) is 91.7 cm³/mol. The van der Waals surface area contributed by atoms with Gasteiger partial charge in [-0.05, 0) is 72.3 Å². The number of fused-ring (bicyclic) bond motifs is 5. The maximum atomic E-state index is 11.6. The van der Waals surface area contributed by atoms with Crippen LogP contribution in [0.5, 0.6) is 0 Å². The van der Waals surface area contributed by atoms with Gasteiger partial charge in [-0.3, -0.25) is 4.57 Å². The Bertz CT molecular complexity index is 670. The highest BCUT2D eigenvalue weighted by Crippen LogP contribution is 2.63. The van der Waals surface area contributed by atoms with Crippen molar-refractivity contribution in [3.8, 4) is 0 Å². The predicted octanol–water partition coefficient (Wildman–Crippen LogP) is 4.79. The summed E-state index contributed by atoms with van der Waals surface area (Å²) in [7, 11) is -4.10. The van der Waals surface area contributed by atoms with Crippen molar-refractivity contribution in [2.45, 2.75) is 52.4 Å². The summed E-state index contributed by atoms with van der Waals surface area (Å²) in [5, 5.41) is 0.324. The van der Waals surface area contributed by atoms with Gasteiger partial charge in [0.05, 0.1) is 0 Å². The van der Waals surface area contributed by atoms with E-state index < -0.39 is 7.60 Å². The van der Waals surface area contributed by atoms with Crippen molar-refractivity contribution in [3.63, 3.8) is 0 Å². The Balaban J connectivity index is 1.74. The molecule has 4 aliphatic carbocycles. The minimum absolute atomic E-state index is 0.0437. The van der Waals surface area contributed by atoms with Crippen LogP contribution < -0.4 is 0 Å². The monoisotopic (exact) mass is 334 g/mol. The number of rotatable bonds is 1. The molecular weight excluding hydrogens is 307 g/mol. The van der Waals surface area contributed by atoms with Crippen molar-refractivity contribution in [3.05, 3.63) is 35.2 Å². The third kappa shape index (κ3) is 2.27. The smallest absolute Gasteiger partial charge is 0.321 e. The maximum absolute atomic E-state index is 11.6. The summed E-state index contributed by atoms with van der Waals surface area (Å²) in [6.45, 7) is 4.73. The van der Waals surface area contributed by atoms with Crippen LogP contribution in [-0.4, -0.2) is 9.79 Å². The summed E-state index contributed by atoms with van der Waals surface area (Å²) >= 11 is 0. The molecule has 4 aliphatic rings. The lowest BCUT2D eigenvalue weighted by atomic mass is 9.51. The van der Waals surface area contributed by atoms with Gasteiger partial charge in [-0.1, -0.05) is 38.5 Å². The van der Waals surface area contributed by atoms with Gasteiger partial charge in [-0.2, -0.15) is 0 Å². The molecule has 0 radical (unpaired) electrons. The molecule has 5 atom stereocenters. The Morgan fingerprint density at radius 3 is 2.78 bits per heavy atom. The van der Waals surface area contributed by atoms with E-state index in [1.54, 1.807) is 0 Å². The zero-order valence-corrected chi connectivity index (χ0v) is 14.9. The average molecular weight is 334 g/mol. The topological polar surface area (TPSA) is 57.5 Å². The highest BCUT2D eigenvalue weighted by atomic mass is 31.2. The Labute approximate surface area is 138 Å². The summed E-state index contributed by atoms with van der Waals surface area (Å²) in [6.07, 6.45) is 15.5. The Morgan fingerprint density at radius 1 is 1.26 bits per heavy atom. The van der Waals surface area contributed by atoms with Crippen LogP contribution in [0.1, 0.15) is 52.4 Å². The molecule has 3 nitrogen and oxygen atoms in total. The first-order valence-corrected chi connectivity index (χ1v) is 10.5. The van der Waals surface area contributed by atoms with Crippen LogP contribution in [0.3, 0.4) is 0 Å². The van der Waals surface area contributed by atoms with Crippen molar-refractivity contribution in [1.82, 2.24) is 0 Å². The summed E-state index contributed by atoms with van der Waals surface area (Å²) < 4.78 is 11.6. The molecule has 0 amide bonds. The second kappa shape index (κ2) is 4.94. The van der Waals surface area contributed by atoms with E-state index in [0.29, 0.717) is 29.0 Å². The molecule has 0 heterocycles. The summed E-state index contributed by atoms with van der Waals surface area (Å²) in [5.74, 6) is 2.00. The van der Waals surface area contributed by atoms with Crippen LogP contribution in [0, 0.1) is 28.6 Å². The van der Waals surface area contributed by atoms with Crippen LogP contribution in [0.25, 0.3) is 0 Å². The van der Waals surface area contributed by atoms with E-state index in [1.807, 2.05) is 6.08 Å². The van der Waals surface area contributed by atoms with Crippen LogP contribution in [0.15, 0.2) is 35.2 Å². The molecule has 0 saturated heterocycles. The van der Waals surface area contributed by atoms with E-state index in [-0.39, 0.29) is 5.41 Å². The van der Waals surface area contributed by atoms with Gasteiger partial charge in [0.1, 0.15) is 0 Å². The van der Waals surface area contributed by atoms with Crippen LogP contribution in [-0.2, 0) is 4.57 Å². The molecule has 0 spiro atoms. The van der Waals surface area contributed by atoms with Crippen molar-refractivity contribution in [2.24, 2.45) is 28.6 Å². The standard InChI is InChI=1S/C19H27O3P/c1-18-9-3-4-16(18)15-6-5-13-12-14(23(20,21)22)7-11-19(13,2)17(15)8-10-18/h5,8,10,12,15-17H,3-4,6-7,9,11H2,1-2H3,(H2,20,21,22)/t15-,16-,17+,18-,19-/m0/s1. The molecule has 2 N–H and O–H groups in total. The quantitative estimate of drug-likeness (QED) is 0.535. The summed E-state index contributed by atoms with van der Waals surface area (Å²) in [5.41, 5.74) is 1.58. The minimum atomic E-state index is -4.10. The maximum Gasteiger partial charge on any atom is 0.352 e. The van der Waals surface area contributed by atoms with E-state index in [9.17, 15) is 14.4 Å². The second-order valence-corrected chi connectivity index (χ2v) is 10.2. The number of hydrogen-bond acceptors (Lipinski definition) is 1. The molecule has 1 fully saturated rings. The first kappa shape index (κ1) is 15.9. The van der Waals surface area contributed by atoms with Crippen molar-refractivity contribution in [2.75, 3.05) is 0 Å². The molecule has 126 valence electrons. The fourth-order valence-corrected chi connectivity index (χ4v) is 6.64. The SMILES string of the molecule is C[C@]12CCC(P(=O)(O)O)=CC1=CC[C@@H]1[C@H]2C=C[C@]2(C)CCC[C@@H]12. The van der Waals surface area contributed by atoms with Gasteiger partial charge in [-0.25, -0.2) is 0 Å². The zero-order chi connectivity index (χ0) is 16.5. The lowest BCUT2D eigenvalue weighted by Gasteiger charge is -2.53. The molecule has 4 rings (SSSR count). The molecule has 0 bridgehead atoms. The first-order chi connectivity index (χ1) is 10.7. The third-order valence-electron chi connectivity index (χ3n) is 7.34. The molecule has 0 aliphatic heterocycles. The lowest BCUT2D eigenvalue weighted by Crippen LogP contribution is -2.45. The highest BCUT2D eigenvalue weighted by molar-refractivity contribution is 7.56. The van der Waals surface area contributed by atoms with Crippen molar-refractivity contribution >= 4 is 7.60 Å². The van der Waals surface area contributed by atoms with Gasteiger partial charge in [-0.15, -0.1) is 0 Å². The largest absolute Gasteiger partial charge is 0.352 e. The van der Waals surface area contributed by atoms with Gasteiger partial charge >= 0.3 is 7.60 Å². The molecule has 0 unspecified atom stereocenters. The third-order valence-corrected chi connectivity index (χ3v) is 8.44. The molecule has 0 aromatic heterocycles. The first-order valence-electron chi connectivity index (χ1n) is 8.91. The molecule has 4 heteroatoms. The van der Waals surface area contributed by atoms with Crippen molar-refractivity contribution in [1.29, 1.82) is 0 Å². The second-order valence-electron chi connectivity index (χ2n) is 8.55. The van der Waals surface area contributed by atoms with E-state index in [0.717, 1.165) is 24.3 Å². The molecule has 23 heavy (non-hydrogen) atoms. The Hall–Kier alpha value is -0.630. The van der Waals surface area contributed by atoms with Crippen molar-refractivity contribution < 1.29 is 14.4 Å². The van der Waals surface area contributed by atoms with Crippen LogP contribution in [0.4, 0.5) is 0 Å². The summed E-state index contributed by atoms with van der Waals surface area (Å²) in [4.78, 5) is 19.0. The molecule has 0 aromatic carbocycles. The van der Waals surface area contributed by atoms with E-state index in [4.69, 9.17) is 0 Å². The Kier molecular flexibility index (Phi) is 3.41. The number of hydrogen-bond donors (Lipinski definition) is 2. The van der Waals surface area contributed by atoms with E-state index >= 15 is 0 Å². The van der Waals surface area contributed by atoms with Gasteiger partial charge in [0, 0.05) is 5.31 Å². The van der Waals surface area contributed by atoms with Gasteiger partial charge in [0.25, 0.3) is 0 Å². The molecule has 1 saturated carbocycles. The molecular formula is C19H27O3P. The Morgan fingerprint density at radius 2 is 2.04 bits per heavy atom. The fourth-order valence-electron chi connectivity index (χ4n) is 5.93. The van der Waals surface area contributed by atoms with Crippen LogP contribution >= 0.6 is 7.60 Å². The summed E-state index contributed by atoms with van der Waals surface area (Å²) in [6, 6.07) is 0. The average Bonchev–Trinajstić information content (AvgIpc) is 2.87. The molecule has 0 aromatic rings. The van der Waals surface area contributed by atoms with Gasteiger partial charge < -0.3 is 9.79 Å². The van der Waals surface area contributed by atoms with E-state index in [2.05, 4.69) is 32.1 Å². The fraction of sp³-hybridized carbons (Fsp3) is 0.684. The lowest BCUT2D eigenvalue weighted by molar-refractivity contribution is 0.0723. The van der Waals surface area contributed by atoms with E-state index in [1.165, 1.54) is 19.3 Å². The van der Waals surface area contributed by atoms with Gasteiger partial charge in [0.15, 0.2) is 0 Å².